The van der Waals surface area contributed by atoms with Gasteiger partial charge in [-0.25, -0.2) is 9.37 Å². The van der Waals surface area contributed by atoms with Gasteiger partial charge in [-0.05, 0) is 54.4 Å². The Morgan fingerprint density at radius 1 is 1.19 bits per heavy atom. The summed E-state index contributed by atoms with van der Waals surface area (Å²) in [6.45, 7) is 2.08. The summed E-state index contributed by atoms with van der Waals surface area (Å²) in [5.41, 5.74) is 10.6. The van der Waals surface area contributed by atoms with Gasteiger partial charge in [0.15, 0.2) is 0 Å². The molecule has 0 bridgehead atoms. The van der Waals surface area contributed by atoms with Gasteiger partial charge in [-0.3, -0.25) is 4.79 Å². The minimum Gasteiger partial charge on any atom is -0.496 e. The highest BCUT2D eigenvalue weighted by atomic mass is 19.1. The van der Waals surface area contributed by atoms with Gasteiger partial charge in [0, 0.05) is 19.3 Å². The summed E-state index contributed by atoms with van der Waals surface area (Å²) in [5, 5.41) is 2.87. The lowest BCUT2D eigenvalue weighted by molar-refractivity contribution is 0.0952. The molecule has 0 fully saturated rings. The lowest BCUT2D eigenvalue weighted by Gasteiger charge is -2.11. The average Bonchev–Trinajstić information content (AvgIpc) is 3.09. The van der Waals surface area contributed by atoms with E-state index in [0.717, 1.165) is 11.1 Å². The molecule has 1 amide bonds. The van der Waals surface area contributed by atoms with E-state index in [4.69, 9.17) is 15.5 Å². The number of amides is 1. The zero-order valence-corrected chi connectivity index (χ0v) is 17.6. The maximum absolute atomic E-state index is 13.6. The molecule has 0 spiro atoms. The maximum atomic E-state index is 13.6. The van der Waals surface area contributed by atoms with Crippen molar-refractivity contribution in [2.24, 2.45) is 7.05 Å². The number of anilines is 1. The van der Waals surface area contributed by atoms with Crippen LogP contribution in [0.25, 0.3) is 22.4 Å². The highest BCUT2D eigenvalue weighted by Crippen LogP contribution is 2.33. The third-order valence-electron chi connectivity index (χ3n) is 5.33. The molecule has 7 heteroatoms. The number of carbonyl (C=O) groups is 1. The van der Waals surface area contributed by atoms with Crippen LogP contribution in [0.1, 0.15) is 21.5 Å². The molecular formula is C24H23FN4O2. The van der Waals surface area contributed by atoms with Gasteiger partial charge in [0.2, 0.25) is 0 Å². The van der Waals surface area contributed by atoms with Crippen molar-refractivity contribution in [2.45, 2.75) is 13.5 Å². The summed E-state index contributed by atoms with van der Waals surface area (Å²) < 4.78 is 20.9. The fraction of sp³-hybridized carbons (Fsp3) is 0.167. The predicted octanol–water partition coefficient (Wildman–Crippen LogP) is 4.21. The molecule has 1 aromatic heterocycles. The molecule has 0 saturated heterocycles. The first-order valence-corrected chi connectivity index (χ1v) is 9.81. The Morgan fingerprint density at radius 3 is 2.74 bits per heavy atom. The molecule has 0 aliphatic heterocycles. The highest BCUT2D eigenvalue weighted by Gasteiger charge is 2.20. The molecule has 0 saturated carbocycles. The Balaban J connectivity index is 1.75. The van der Waals surface area contributed by atoms with Gasteiger partial charge in [0.25, 0.3) is 5.91 Å². The van der Waals surface area contributed by atoms with E-state index < -0.39 is 0 Å². The molecule has 4 aromatic rings. The smallest absolute Gasteiger partial charge is 0.253 e. The molecule has 158 valence electrons. The van der Waals surface area contributed by atoms with E-state index in [-0.39, 0.29) is 18.3 Å². The van der Waals surface area contributed by atoms with E-state index in [9.17, 15) is 9.18 Å². The molecule has 1 heterocycles. The first-order chi connectivity index (χ1) is 14.9. The predicted molar refractivity (Wildman–Crippen MR) is 119 cm³/mol. The molecule has 3 aromatic carbocycles. The van der Waals surface area contributed by atoms with Gasteiger partial charge in [0.1, 0.15) is 17.4 Å². The molecule has 0 unspecified atom stereocenters. The average molecular weight is 418 g/mol. The minimum absolute atomic E-state index is 0.204. The maximum Gasteiger partial charge on any atom is 0.253 e. The first-order valence-electron chi connectivity index (χ1n) is 9.81. The normalized spacial score (nSPS) is 11.0. The van der Waals surface area contributed by atoms with Gasteiger partial charge >= 0.3 is 0 Å². The van der Waals surface area contributed by atoms with E-state index >= 15 is 0 Å². The zero-order valence-electron chi connectivity index (χ0n) is 17.6. The molecular weight excluding hydrogens is 395 g/mol. The van der Waals surface area contributed by atoms with Crippen molar-refractivity contribution in [3.63, 3.8) is 0 Å². The van der Waals surface area contributed by atoms with E-state index in [1.807, 2.05) is 42.8 Å². The number of aryl methyl sites for hydroxylation is 2. The number of methoxy groups -OCH3 is 1. The number of halogens is 1. The molecule has 3 N–H and O–H groups in total. The number of rotatable bonds is 5. The molecule has 0 radical (unpaired) electrons. The van der Waals surface area contributed by atoms with Gasteiger partial charge in [-0.2, -0.15) is 0 Å². The molecule has 31 heavy (non-hydrogen) atoms. The topological polar surface area (TPSA) is 82.2 Å². The number of fused-ring (bicyclic) bond motifs is 1. The number of ether oxygens (including phenoxy) is 1. The monoisotopic (exact) mass is 418 g/mol. The second kappa shape index (κ2) is 8.10. The third kappa shape index (κ3) is 3.82. The Morgan fingerprint density at radius 2 is 1.97 bits per heavy atom. The molecule has 0 aliphatic rings. The van der Waals surface area contributed by atoms with Crippen molar-refractivity contribution in [3.8, 4) is 17.1 Å². The SMILES string of the molecule is COc1ccccc1-c1nc2cc(N)cc(C(=O)NCc3cc(F)ccc3C)c2n1C. The summed E-state index contributed by atoms with van der Waals surface area (Å²) >= 11 is 0. The van der Waals surface area contributed by atoms with Crippen LogP contribution in [-0.4, -0.2) is 22.6 Å². The second-order valence-electron chi connectivity index (χ2n) is 7.38. The van der Waals surface area contributed by atoms with E-state index in [0.29, 0.717) is 39.4 Å². The van der Waals surface area contributed by atoms with Crippen molar-refractivity contribution in [3.05, 3.63) is 77.1 Å². The van der Waals surface area contributed by atoms with Crippen molar-refractivity contribution in [1.29, 1.82) is 0 Å². The Bertz CT molecular complexity index is 1300. The number of nitrogen functional groups attached to an aromatic ring is 1. The van der Waals surface area contributed by atoms with Crippen molar-refractivity contribution < 1.29 is 13.9 Å². The van der Waals surface area contributed by atoms with Gasteiger partial charge < -0.3 is 20.4 Å². The zero-order chi connectivity index (χ0) is 22.1. The lowest BCUT2D eigenvalue weighted by Crippen LogP contribution is -2.24. The van der Waals surface area contributed by atoms with Crippen molar-refractivity contribution in [2.75, 3.05) is 12.8 Å². The van der Waals surface area contributed by atoms with Crippen LogP contribution in [-0.2, 0) is 13.6 Å². The van der Waals surface area contributed by atoms with Gasteiger partial charge in [0.05, 0.1) is 29.3 Å². The second-order valence-corrected chi connectivity index (χ2v) is 7.38. The standard InChI is InChI=1S/C24H23FN4O2/c1-14-8-9-16(25)10-15(14)13-27-24(30)19-11-17(26)12-20-22(19)29(2)23(28-20)18-6-4-5-7-21(18)31-3/h4-12H,13,26H2,1-3H3,(H,27,30). The number of carbonyl (C=O) groups excluding carboxylic acids is 1. The summed E-state index contributed by atoms with van der Waals surface area (Å²) in [6, 6.07) is 15.4. The summed E-state index contributed by atoms with van der Waals surface area (Å²) in [7, 11) is 3.45. The molecule has 0 aliphatic carbocycles. The number of hydrogen-bond donors (Lipinski definition) is 2. The van der Waals surface area contributed by atoms with Crippen LogP contribution in [0.2, 0.25) is 0 Å². The summed E-state index contributed by atoms with van der Waals surface area (Å²) in [4.78, 5) is 17.8. The molecule has 6 nitrogen and oxygen atoms in total. The minimum atomic E-state index is -0.339. The van der Waals surface area contributed by atoms with Gasteiger partial charge in [-0.1, -0.05) is 18.2 Å². The van der Waals surface area contributed by atoms with E-state index in [1.165, 1.54) is 12.1 Å². The van der Waals surface area contributed by atoms with Crippen molar-refractivity contribution >= 4 is 22.6 Å². The molecule has 4 rings (SSSR count). The number of imidazole rings is 1. The van der Waals surface area contributed by atoms with Crippen LogP contribution in [0.3, 0.4) is 0 Å². The van der Waals surface area contributed by atoms with Crippen LogP contribution in [0, 0.1) is 12.7 Å². The van der Waals surface area contributed by atoms with Crippen LogP contribution < -0.4 is 15.8 Å². The summed E-state index contributed by atoms with van der Waals surface area (Å²) in [5.74, 6) is 0.694. The van der Waals surface area contributed by atoms with Crippen LogP contribution in [0.15, 0.2) is 54.6 Å². The Kier molecular flexibility index (Phi) is 5.33. The van der Waals surface area contributed by atoms with Crippen LogP contribution >= 0.6 is 0 Å². The number of hydrogen-bond acceptors (Lipinski definition) is 4. The Hall–Kier alpha value is -3.87. The van der Waals surface area contributed by atoms with Gasteiger partial charge in [-0.15, -0.1) is 0 Å². The first kappa shape index (κ1) is 20.4. The van der Waals surface area contributed by atoms with E-state index in [1.54, 1.807) is 25.3 Å². The van der Waals surface area contributed by atoms with Crippen LogP contribution in [0.4, 0.5) is 10.1 Å². The fourth-order valence-corrected chi connectivity index (χ4v) is 3.72. The van der Waals surface area contributed by atoms with E-state index in [2.05, 4.69) is 5.32 Å². The fourth-order valence-electron chi connectivity index (χ4n) is 3.72. The third-order valence-corrected chi connectivity index (χ3v) is 5.33. The van der Waals surface area contributed by atoms with Crippen molar-refractivity contribution in [1.82, 2.24) is 14.9 Å². The number of benzene rings is 3. The number of nitrogens with one attached hydrogen (secondary N) is 1. The molecule has 0 atom stereocenters. The highest BCUT2D eigenvalue weighted by molar-refractivity contribution is 6.07. The van der Waals surface area contributed by atoms with Crippen LogP contribution in [0.5, 0.6) is 5.75 Å². The largest absolute Gasteiger partial charge is 0.496 e. The number of aromatic nitrogens is 2. The lowest BCUT2D eigenvalue weighted by atomic mass is 10.1. The quantitative estimate of drug-likeness (QED) is 0.476. The number of para-hydroxylation sites is 1. The number of nitrogens with two attached hydrogens (primary N) is 1. The summed E-state index contributed by atoms with van der Waals surface area (Å²) in [6.07, 6.45) is 0. The Labute approximate surface area is 179 Å². The number of nitrogens with zero attached hydrogens (tertiary/aromatic N) is 2.